The van der Waals surface area contributed by atoms with Gasteiger partial charge in [-0.05, 0) is 36.4 Å². The van der Waals surface area contributed by atoms with Crippen molar-refractivity contribution in [2.75, 3.05) is 6.54 Å². The SMILES string of the molecule is CCCC(NCCc1cnn(C)c1)c1cccs1. The predicted octanol–water partition coefficient (Wildman–Crippen LogP) is 3.16. The van der Waals surface area contributed by atoms with Crippen molar-refractivity contribution in [1.29, 1.82) is 0 Å². The number of hydrogen-bond acceptors (Lipinski definition) is 3. The highest BCUT2D eigenvalue weighted by atomic mass is 32.1. The van der Waals surface area contributed by atoms with Crippen LogP contribution in [0.3, 0.4) is 0 Å². The van der Waals surface area contributed by atoms with Crippen molar-refractivity contribution in [2.45, 2.75) is 32.2 Å². The van der Waals surface area contributed by atoms with Crippen LogP contribution in [-0.4, -0.2) is 16.3 Å². The number of nitrogens with one attached hydrogen (secondary N) is 1. The van der Waals surface area contributed by atoms with E-state index in [1.54, 1.807) is 0 Å². The lowest BCUT2D eigenvalue weighted by atomic mass is 10.1. The summed E-state index contributed by atoms with van der Waals surface area (Å²) in [4.78, 5) is 1.45. The molecule has 1 unspecified atom stereocenters. The summed E-state index contributed by atoms with van der Waals surface area (Å²) >= 11 is 1.84. The summed E-state index contributed by atoms with van der Waals surface area (Å²) in [5.41, 5.74) is 1.30. The van der Waals surface area contributed by atoms with Gasteiger partial charge in [-0.2, -0.15) is 5.10 Å². The van der Waals surface area contributed by atoms with Crippen molar-refractivity contribution in [1.82, 2.24) is 15.1 Å². The molecule has 0 saturated heterocycles. The molecule has 2 heterocycles. The van der Waals surface area contributed by atoms with Crippen LogP contribution in [0.25, 0.3) is 0 Å². The number of hydrogen-bond donors (Lipinski definition) is 1. The van der Waals surface area contributed by atoms with Crippen LogP contribution < -0.4 is 5.32 Å². The smallest absolute Gasteiger partial charge is 0.0522 e. The fourth-order valence-corrected chi connectivity index (χ4v) is 2.95. The standard InChI is InChI=1S/C14H21N3S/c1-3-5-13(14-6-4-9-18-14)15-8-7-12-10-16-17(2)11-12/h4,6,9-11,13,15H,3,5,7-8H2,1-2H3. The van der Waals surface area contributed by atoms with Gasteiger partial charge in [-0.1, -0.05) is 19.4 Å². The van der Waals surface area contributed by atoms with E-state index in [1.165, 1.54) is 23.3 Å². The lowest BCUT2D eigenvalue weighted by molar-refractivity contribution is 0.504. The first-order valence-corrected chi connectivity index (χ1v) is 7.42. The summed E-state index contributed by atoms with van der Waals surface area (Å²) in [5.74, 6) is 0. The summed E-state index contributed by atoms with van der Waals surface area (Å²) < 4.78 is 1.86. The monoisotopic (exact) mass is 263 g/mol. The Kier molecular flexibility index (Phi) is 4.96. The first-order valence-electron chi connectivity index (χ1n) is 6.54. The first-order chi connectivity index (χ1) is 8.79. The normalized spacial score (nSPS) is 12.8. The molecule has 2 rings (SSSR count). The number of rotatable bonds is 7. The van der Waals surface area contributed by atoms with Crippen molar-refractivity contribution in [3.05, 3.63) is 40.3 Å². The molecule has 2 aromatic heterocycles. The summed E-state index contributed by atoms with van der Waals surface area (Å²) in [5, 5.41) is 10.00. The van der Waals surface area contributed by atoms with Crippen LogP contribution in [0.4, 0.5) is 0 Å². The molecule has 1 N–H and O–H groups in total. The van der Waals surface area contributed by atoms with Crippen molar-refractivity contribution in [2.24, 2.45) is 7.05 Å². The van der Waals surface area contributed by atoms with Crippen LogP contribution in [0.1, 0.15) is 36.2 Å². The van der Waals surface area contributed by atoms with E-state index in [-0.39, 0.29) is 0 Å². The molecule has 18 heavy (non-hydrogen) atoms. The van der Waals surface area contributed by atoms with Gasteiger partial charge in [0.25, 0.3) is 0 Å². The van der Waals surface area contributed by atoms with Gasteiger partial charge in [-0.25, -0.2) is 0 Å². The van der Waals surface area contributed by atoms with Crippen LogP contribution >= 0.6 is 11.3 Å². The minimum absolute atomic E-state index is 0.506. The summed E-state index contributed by atoms with van der Waals surface area (Å²) in [6, 6.07) is 4.86. The van der Waals surface area contributed by atoms with Gasteiger partial charge in [0.05, 0.1) is 6.20 Å². The summed E-state index contributed by atoms with van der Waals surface area (Å²) in [7, 11) is 1.96. The molecular formula is C14H21N3S. The fourth-order valence-electron chi connectivity index (χ4n) is 2.11. The average Bonchev–Trinajstić information content (AvgIpc) is 2.99. The highest BCUT2D eigenvalue weighted by molar-refractivity contribution is 7.10. The van der Waals surface area contributed by atoms with E-state index in [0.29, 0.717) is 6.04 Å². The number of thiophene rings is 1. The third-order valence-corrected chi connectivity index (χ3v) is 4.01. The molecule has 0 spiro atoms. The average molecular weight is 263 g/mol. The van der Waals surface area contributed by atoms with Crippen molar-refractivity contribution in [3.63, 3.8) is 0 Å². The second kappa shape index (κ2) is 6.71. The number of aromatic nitrogens is 2. The molecule has 2 aromatic rings. The third kappa shape index (κ3) is 3.68. The van der Waals surface area contributed by atoms with Gasteiger partial charge < -0.3 is 5.32 Å². The molecule has 0 saturated carbocycles. The largest absolute Gasteiger partial charge is 0.309 e. The van der Waals surface area contributed by atoms with Crippen LogP contribution in [0.5, 0.6) is 0 Å². The highest BCUT2D eigenvalue weighted by Crippen LogP contribution is 2.22. The first kappa shape index (κ1) is 13.3. The Balaban J connectivity index is 1.83. The van der Waals surface area contributed by atoms with Gasteiger partial charge in [-0.15, -0.1) is 11.3 Å². The minimum atomic E-state index is 0.506. The molecule has 3 nitrogen and oxygen atoms in total. The zero-order valence-corrected chi connectivity index (χ0v) is 11.9. The molecule has 1 atom stereocenters. The van der Waals surface area contributed by atoms with E-state index >= 15 is 0 Å². The zero-order chi connectivity index (χ0) is 12.8. The maximum absolute atomic E-state index is 4.19. The predicted molar refractivity (Wildman–Crippen MR) is 76.9 cm³/mol. The van der Waals surface area contributed by atoms with E-state index in [9.17, 15) is 0 Å². The van der Waals surface area contributed by atoms with Gasteiger partial charge >= 0.3 is 0 Å². The lowest BCUT2D eigenvalue weighted by Crippen LogP contribution is -2.22. The molecule has 0 aliphatic carbocycles. The molecule has 4 heteroatoms. The zero-order valence-electron chi connectivity index (χ0n) is 11.1. The second-order valence-corrected chi connectivity index (χ2v) is 5.56. The Hall–Kier alpha value is -1.13. The molecule has 0 aliphatic rings. The molecule has 0 fully saturated rings. The molecular weight excluding hydrogens is 242 g/mol. The lowest BCUT2D eigenvalue weighted by Gasteiger charge is -2.16. The van der Waals surface area contributed by atoms with E-state index in [0.717, 1.165) is 13.0 Å². The fraction of sp³-hybridized carbons (Fsp3) is 0.500. The van der Waals surface area contributed by atoms with Crippen LogP contribution in [0, 0.1) is 0 Å². The number of aryl methyl sites for hydroxylation is 1. The minimum Gasteiger partial charge on any atom is -0.309 e. The Morgan fingerprint density at radius 1 is 1.50 bits per heavy atom. The maximum Gasteiger partial charge on any atom is 0.0522 e. The van der Waals surface area contributed by atoms with Gasteiger partial charge in [0.1, 0.15) is 0 Å². The van der Waals surface area contributed by atoms with E-state index in [1.807, 2.05) is 29.3 Å². The Bertz CT molecular complexity index is 447. The Morgan fingerprint density at radius 2 is 2.39 bits per heavy atom. The van der Waals surface area contributed by atoms with Gasteiger partial charge in [-0.3, -0.25) is 4.68 Å². The Morgan fingerprint density at radius 3 is 3.00 bits per heavy atom. The molecule has 0 bridgehead atoms. The van der Waals surface area contributed by atoms with Crippen LogP contribution in [-0.2, 0) is 13.5 Å². The second-order valence-electron chi connectivity index (χ2n) is 4.58. The molecule has 0 aromatic carbocycles. The molecule has 0 amide bonds. The molecule has 0 radical (unpaired) electrons. The molecule has 0 aliphatic heterocycles. The topological polar surface area (TPSA) is 29.9 Å². The van der Waals surface area contributed by atoms with Crippen molar-refractivity contribution < 1.29 is 0 Å². The quantitative estimate of drug-likeness (QED) is 0.831. The Labute approximate surface area is 113 Å². The molecule has 98 valence electrons. The van der Waals surface area contributed by atoms with Crippen LogP contribution in [0.15, 0.2) is 29.9 Å². The summed E-state index contributed by atoms with van der Waals surface area (Å²) in [6.07, 6.45) is 7.48. The number of nitrogens with zero attached hydrogens (tertiary/aromatic N) is 2. The van der Waals surface area contributed by atoms with Crippen molar-refractivity contribution in [3.8, 4) is 0 Å². The maximum atomic E-state index is 4.19. The van der Waals surface area contributed by atoms with E-state index in [2.05, 4.69) is 41.0 Å². The summed E-state index contributed by atoms with van der Waals surface area (Å²) in [6.45, 7) is 3.25. The van der Waals surface area contributed by atoms with E-state index in [4.69, 9.17) is 0 Å². The van der Waals surface area contributed by atoms with Gasteiger partial charge in [0.2, 0.25) is 0 Å². The van der Waals surface area contributed by atoms with Gasteiger partial charge in [0, 0.05) is 24.2 Å². The van der Waals surface area contributed by atoms with Crippen molar-refractivity contribution >= 4 is 11.3 Å². The van der Waals surface area contributed by atoms with Gasteiger partial charge in [0.15, 0.2) is 0 Å². The van der Waals surface area contributed by atoms with E-state index < -0.39 is 0 Å². The van der Waals surface area contributed by atoms with Crippen LogP contribution in [0.2, 0.25) is 0 Å². The third-order valence-electron chi connectivity index (χ3n) is 3.03. The highest BCUT2D eigenvalue weighted by Gasteiger charge is 2.10.